The zero-order valence-corrected chi connectivity index (χ0v) is 8.11. The van der Waals surface area contributed by atoms with E-state index in [0.717, 1.165) is 6.54 Å². The summed E-state index contributed by atoms with van der Waals surface area (Å²) in [7, 11) is 1.45. The van der Waals surface area contributed by atoms with Crippen LogP contribution in [0.25, 0.3) is 0 Å². The van der Waals surface area contributed by atoms with Gasteiger partial charge in [-0.05, 0) is 19.1 Å². The number of benzene rings is 1. The first-order chi connectivity index (χ1) is 5.38. The molecule has 0 atom stereocenters. The fourth-order valence-corrected chi connectivity index (χ4v) is 1.84. The van der Waals surface area contributed by atoms with Crippen LogP contribution in [0.1, 0.15) is 6.92 Å². The molecule has 0 N–H and O–H groups in total. The third-order valence-electron chi connectivity index (χ3n) is 1.43. The van der Waals surface area contributed by atoms with Gasteiger partial charge < -0.3 is 4.31 Å². The van der Waals surface area contributed by atoms with E-state index in [0.29, 0.717) is 0 Å². The van der Waals surface area contributed by atoms with Gasteiger partial charge in [-0.3, -0.25) is 0 Å². The van der Waals surface area contributed by atoms with Gasteiger partial charge in [0.15, 0.2) is 0 Å². The molecule has 0 saturated heterocycles. The molecule has 11 heavy (non-hydrogen) atoms. The minimum absolute atomic E-state index is 0.970. The molecule has 3 heteroatoms. The lowest BCUT2D eigenvalue weighted by Crippen LogP contribution is -2.10. The van der Waals surface area contributed by atoms with Crippen molar-refractivity contribution in [3.8, 4) is 0 Å². The van der Waals surface area contributed by atoms with Gasteiger partial charge in [-0.15, -0.1) is 0 Å². The average molecular weight is 185 g/mol. The SMILES string of the molecule is CCN(SS)c1ccccc1. The summed E-state index contributed by atoms with van der Waals surface area (Å²) >= 11 is 4.15. The van der Waals surface area contributed by atoms with Crippen molar-refractivity contribution in [3.63, 3.8) is 0 Å². The fourth-order valence-electron chi connectivity index (χ4n) is 0.882. The van der Waals surface area contributed by atoms with Crippen molar-refractivity contribution in [2.45, 2.75) is 6.92 Å². The highest BCUT2D eigenvalue weighted by Crippen LogP contribution is 2.23. The number of anilines is 1. The number of rotatable bonds is 3. The van der Waals surface area contributed by atoms with Crippen molar-refractivity contribution < 1.29 is 0 Å². The molecule has 0 unspecified atom stereocenters. The van der Waals surface area contributed by atoms with Crippen LogP contribution in [0.15, 0.2) is 30.3 Å². The van der Waals surface area contributed by atoms with Crippen LogP contribution in [0.4, 0.5) is 5.69 Å². The van der Waals surface area contributed by atoms with Crippen LogP contribution in [0.3, 0.4) is 0 Å². The first-order valence-corrected chi connectivity index (χ1v) is 5.35. The number of para-hydroxylation sites is 1. The van der Waals surface area contributed by atoms with Gasteiger partial charge >= 0.3 is 0 Å². The fraction of sp³-hybridized carbons (Fsp3) is 0.250. The van der Waals surface area contributed by atoms with Gasteiger partial charge in [0.1, 0.15) is 0 Å². The summed E-state index contributed by atoms with van der Waals surface area (Å²) in [6, 6.07) is 10.2. The Bertz CT molecular complexity index is 197. The second kappa shape index (κ2) is 4.57. The molecule has 1 aromatic rings. The lowest BCUT2D eigenvalue weighted by atomic mass is 10.3. The van der Waals surface area contributed by atoms with Gasteiger partial charge in [0.2, 0.25) is 0 Å². The smallest absolute Gasteiger partial charge is 0.0477 e. The lowest BCUT2D eigenvalue weighted by Gasteiger charge is -2.17. The van der Waals surface area contributed by atoms with Gasteiger partial charge in [-0.2, -0.15) is 0 Å². The molecule has 60 valence electrons. The first-order valence-electron chi connectivity index (χ1n) is 3.52. The standard InChI is InChI=1S/C8H11NS2/c1-2-9(11-10)8-6-4-3-5-7-8/h3-7,10H,2H2,1H3. The molecule has 0 bridgehead atoms. The zero-order valence-electron chi connectivity index (χ0n) is 6.40. The maximum Gasteiger partial charge on any atom is 0.0477 e. The van der Waals surface area contributed by atoms with Crippen molar-refractivity contribution in [2.24, 2.45) is 0 Å². The van der Waals surface area contributed by atoms with Crippen LogP contribution < -0.4 is 4.31 Å². The third-order valence-corrected chi connectivity index (χ3v) is 2.69. The van der Waals surface area contributed by atoms with E-state index >= 15 is 0 Å². The summed E-state index contributed by atoms with van der Waals surface area (Å²) in [6.07, 6.45) is 0. The molecule has 0 aromatic heterocycles. The molecule has 0 fully saturated rings. The molecule has 0 radical (unpaired) electrons. The molecule has 0 amide bonds. The Kier molecular flexibility index (Phi) is 3.66. The molecule has 1 nitrogen and oxygen atoms in total. The van der Waals surface area contributed by atoms with Crippen LogP contribution in [-0.2, 0) is 0 Å². The van der Waals surface area contributed by atoms with Crippen LogP contribution in [0, 0.1) is 0 Å². The molecule has 1 aromatic carbocycles. The quantitative estimate of drug-likeness (QED) is 0.438. The maximum atomic E-state index is 4.15. The predicted octanol–water partition coefficient (Wildman–Crippen LogP) is 3.01. The number of nitrogens with zero attached hydrogens (tertiary/aromatic N) is 1. The van der Waals surface area contributed by atoms with Gasteiger partial charge in [-0.1, -0.05) is 29.9 Å². The Hall–Kier alpha value is -0.280. The monoisotopic (exact) mass is 185 g/mol. The average Bonchev–Trinajstić information content (AvgIpc) is 2.09. The number of thiol groups is 1. The molecule has 0 aliphatic heterocycles. The molecule has 0 spiro atoms. The molecular formula is C8H11NS2. The molecule has 0 heterocycles. The Morgan fingerprint density at radius 3 is 2.45 bits per heavy atom. The molecule has 0 aliphatic carbocycles. The van der Waals surface area contributed by atoms with Crippen molar-refractivity contribution in [1.29, 1.82) is 0 Å². The molecule has 0 saturated carbocycles. The zero-order chi connectivity index (χ0) is 8.10. The molecular weight excluding hydrogens is 174 g/mol. The van der Waals surface area contributed by atoms with Crippen LogP contribution >= 0.6 is 22.6 Å². The van der Waals surface area contributed by atoms with E-state index in [4.69, 9.17) is 0 Å². The second-order valence-corrected chi connectivity index (χ2v) is 3.21. The predicted molar refractivity (Wildman–Crippen MR) is 56.0 cm³/mol. The molecule has 1 rings (SSSR count). The van der Waals surface area contributed by atoms with Gasteiger partial charge in [-0.25, -0.2) is 0 Å². The van der Waals surface area contributed by atoms with Crippen LogP contribution in [-0.4, -0.2) is 6.54 Å². The van der Waals surface area contributed by atoms with Crippen molar-refractivity contribution in [3.05, 3.63) is 30.3 Å². The summed E-state index contributed by atoms with van der Waals surface area (Å²) in [5, 5.41) is 0. The Labute approximate surface area is 76.7 Å². The minimum atomic E-state index is 0.970. The van der Waals surface area contributed by atoms with Crippen LogP contribution in [0.2, 0.25) is 0 Å². The van der Waals surface area contributed by atoms with Gasteiger partial charge in [0.05, 0.1) is 0 Å². The minimum Gasteiger partial charge on any atom is -0.308 e. The van der Waals surface area contributed by atoms with E-state index in [2.05, 4.69) is 35.0 Å². The van der Waals surface area contributed by atoms with E-state index in [1.165, 1.54) is 16.7 Å². The molecule has 0 aliphatic rings. The summed E-state index contributed by atoms with van der Waals surface area (Å²) in [5.41, 5.74) is 1.20. The van der Waals surface area contributed by atoms with Gasteiger partial charge in [0, 0.05) is 23.2 Å². The largest absolute Gasteiger partial charge is 0.308 e. The highest BCUT2D eigenvalue weighted by molar-refractivity contribution is 8.69. The Balaban J connectivity index is 2.74. The highest BCUT2D eigenvalue weighted by Gasteiger charge is 1.99. The summed E-state index contributed by atoms with van der Waals surface area (Å²) in [6.45, 7) is 3.08. The van der Waals surface area contributed by atoms with Crippen LogP contribution in [0.5, 0.6) is 0 Å². The Morgan fingerprint density at radius 2 is 2.00 bits per heavy atom. The normalized spacial score (nSPS) is 9.64. The number of hydrogen-bond acceptors (Lipinski definition) is 3. The maximum absolute atomic E-state index is 4.15. The summed E-state index contributed by atoms with van der Waals surface area (Å²) in [5.74, 6) is 0. The summed E-state index contributed by atoms with van der Waals surface area (Å²) < 4.78 is 2.11. The van der Waals surface area contributed by atoms with E-state index in [1.54, 1.807) is 0 Å². The number of hydrogen-bond donors (Lipinski definition) is 1. The van der Waals surface area contributed by atoms with E-state index in [1.807, 2.05) is 18.2 Å². The van der Waals surface area contributed by atoms with E-state index in [-0.39, 0.29) is 0 Å². The van der Waals surface area contributed by atoms with Gasteiger partial charge in [0.25, 0.3) is 0 Å². The van der Waals surface area contributed by atoms with Crippen molar-refractivity contribution in [2.75, 3.05) is 10.8 Å². The topological polar surface area (TPSA) is 3.24 Å². The van der Waals surface area contributed by atoms with Crippen molar-refractivity contribution in [1.82, 2.24) is 0 Å². The second-order valence-electron chi connectivity index (χ2n) is 2.11. The lowest BCUT2D eigenvalue weighted by molar-refractivity contribution is 1.12. The van der Waals surface area contributed by atoms with E-state index < -0.39 is 0 Å². The third kappa shape index (κ3) is 2.34. The Morgan fingerprint density at radius 1 is 1.36 bits per heavy atom. The summed E-state index contributed by atoms with van der Waals surface area (Å²) in [4.78, 5) is 0. The first kappa shape index (κ1) is 8.81. The van der Waals surface area contributed by atoms with Crippen molar-refractivity contribution >= 4 is 28.3 Å². The van der Waals surface area contributed by atoms with E-state index in [9.17, 15) is 0 Å². The highest BCUT2D eigenvalue weighted by atomic mass is 33.1.